The van der Waals surface area contributed by atoms with Crippen molar-refractivity contribution in [3.05, 3.63) is 88.7 Å². The highest BCUT2D eigenvalue weighted by Gasteiger charge is 2.15. The van der Waals surface area contributed by atoms with Crippen molar-refractivity contribution >= 4 is 10.9 Å². The maximum atomic E-state index is 13.5. The molecule has 31 heavy (non-hydrogen) atoms. The van der Waals surface area contributed by atoms with Gasteiger partial charge in [0, 0.05) is 5.56 Å². The second-order valence-corrected chi connectivity index (χ2v) is 7.59. The van der Waals surface area contributed by atoms with E-state index in [-0.39, 0.29) is 18.8 Å². The van der Waals surface area contributed by atoms with Crippen LogP contribution >= 0.6 is 0 Å². The fraction of sp³-hybridized carbons (Fsp3) is 0.231. The van der Waals surface area contributed by atoms with Gasteiger partial charge >= 0.3 is 0 Å². The monoisotopic (exact) mass is 414 g/mol. The number of rotatable bonds is 7. The van der Waals surface area contributed by atoms with Crippen molar-refractivity contribution in [2.45, 2.75) is 26.2 Å². The van der Waals surface area contributed by atoms with Crippen LogP contribution in [-0.4, -0.2) is 27.9 Å². The van der Waals surface area contributed by atoms with Gasteiger partial charge in [0.05, 0.1) is 23.2 Å². The Morgan fingerprint density at radius 2 is 1.71 bits per heavy atom. The number of nitrogens with zero attached hydrogens (tertiary/aromatic N) is 2. The number of fused-ring (bicyclic) bond motifs is 1. The molecule has 1 atom stereocenters. The van der Waals surface area contributed by atoms with Crippen LogP contribution in [0.4, 0.5) is 0 Å². The number of benzene rings is 3. The van der Waals surface area contributed by atoms with Gasteiger partial charge < -0.3 is 9.84 Å². The summed E-state index contributed by atoms with van der Waals surface area (Å²) in [5.74, 6) is 1.70. The van der Waals surface area contributed by atoms with E-state index in [1.807, 2.05) is 60.7 Å². The van der Waals surface area contributed by atoms with Crippen LogP contribution in [0.1, 0.15) is 31.7 Å². The number of hydrogen-bond donors (Lipinski definition) is 1. The van der Waals surface area contributed by atoms with Crippen LogP contribution in [0.25, 0.3) is 28.0 Å². The zero-order valence-corrected chi connectivity index (χ0v) is 17.8. The number of ether oxygens (including phenoxy) is 1. The Morgan fingerprint density at radius 1 is 1.00 bits per heavy atom. The fourth-order valence-electron chi connectivity index (χ4n) is 3.62. The van der Waals surface area contributed by atoms with Gasteiger partial charge in [0.2, 0.25) is 0 Å². The average Bonchev–Trinajstić information content (AvgIpc) is 2.82. The molecule has 0 aliphatic carbocycles. The molecule has 4 rings (SSSR count). The second-order valence-electron chi connectivity index (χ2n) is 7.59. The van der Waals surface area contributed by atoms with Crippen LogP contribution < -0.4 is 10.3 Å². The molecule has 1 aromatic heterocycles. The van der Waals surface area contributed by atoms with Gasteiger partial charge in [0.15, 0.2) is 0 Å². The molecule has 0 radical (unpaired) electrons. The van der Waals surface area contributed by atoms with Crippen LogP contribution in [0.5, 0.6) is 5.75 Å². The maximum absolute atomic E-state index is 13.5. The normalized spacial score (nSPS) is 12.1. The number of para-hydroxylation sites is 1. The molecular weight excluding hydrogens is 388 g/mol. The Bertz CT molecular complexity index is 1230. The Labute approximate surface area is 181 Å². The molecule has 5 heteroatoms. The van der Waals surface area contributed by atoms with Gasteiger partial charge in [-0.1, -0.05) is 38.1 Å². The number of hydrogen-bond acceptors (Lipinski definition) is 4. The summed E-state index contributed by atoms with van der Waals surface area (Å²) < 4.78 is 7.14. The molecule has 0 amide bonds. The lowest BCUT2D eigenvalue weighted by atomic mass is 9.98. The molecule has 0 aliphatic heterocycles. The van der Waals surface area contributed by atoms with Crippen LogP contribution in [0, 0.1) is 0 Å². The molecule has 4 aromatic rings. The van der Waals surface area contributed by atoms with Gasteiger partial charge in [0.1, 0.15) is 18.2 Å². The standard InChI is InChI=1S/C26H26N2O3/c1-3-18(2)19-8-12-21(13-9-19)28-25(20-10-14-22(15-11-20)31-17-16-29)27-24-7-5-4-6-23(24)26(28)30/h4-15,18,29H,3,16-17H2,1-2H3. The molecule has 0 spiro atoms. The van der Waals surface area contributed by atoms with Crippen molar-refractivity contribution < 1.29 is 9.84 Å². The predicted molar refractivity (Wildman–Crippen MR) is 124 cm³/mol. The largest absolute Gasteiger partial charge is 0.491 e. The molecule has 0 saturated heterocycles. The van der Waals surface area contributed by atoms with Gasteiger partial charge in [0.25, 0.3) is 5.56 Å². The molecule has 5 nitrogen and oxygen atoms in total. The summed E-state index contributed by atoms with van der Waals surface area (Å²) in [6.07, 6.45) is 1.06. The summed E-state index contributed by atoms with van der Waals surface area (Å²) in [6, 6.07) is 23.0. The fourth-order valence-corrected chi connectivity index (χ4v) is 3.62. The lowest BCUT2D eigenvalue weighted by Gasteiger charge is -2.16. The summed E-state index contributed by atoms with van der Waals surface area (Å²) in [6.45, 7) is 4.56. The highest BCUT2D eigenvalue weighted by Crippen LogP contribution is 2.26. The Hall–Kier alpha value is -3.44. The van der Waals surface area contributed by atoms with E-state index in [1.54, 1.807) is 4.57 Å². The van der Waals surface area contributed by atoms with Gasteiger partial charge in [-0.25, -0.2) is 4.98 Å². The number of aromatic nitrogens is 2. The number of aliphatic hydroxyl groups excluding tert-OH is 1. The van der Waals surface area contributed by atoms with Crippen molar-refractivity contribution in [2.75, 3.05) is 13.2 Å². The first-order chi connectivity index (χ1) is 15.1. The van der Waals surface area contributed by atoms with E-state index in [0.29, 0.717) is 28.4 Å². The van der Waals surface area contributed by atoms with E-state index in [2.05, 4.69) is 26.0 Å². The molecule has 0 fully saturated rings. The molecule has 1 heterocycles. The van der Waals surface area contributed by atoms with Crippen LogP contribution in [-0.2, 0) is 0 Å². The summed E-state index contributed by atoms with van der Waals surface area (Å²) >= 11 is 0. The van der Waals surface area contributed by atoms with E-state index in [0.717, 1.165) is 17.7 Å². The third-order valence-electron chi connectivity index (χ3n) is 5.58. The molecule has 0 bridgehead atoms. The van der Waals surface area contributed by atoms with Gasteiger partial charge in [-0.3, -0.25) is 9.36 Å². The van der Waals surface area contributed by atoms with E-state index >= 15 is 0 Å². The minimum Gasteiger partial charge on any atom is -0.491 e. The van der Waals surface area contributed by atoms with Crippen LogP contribution in [0.2, 0.25) is 0 Å². The Balaban J connectivity index is 1.87. The van der Waals surface area contributed by atoms with E-state index in [9.17, 15) is 4.79 Å². The summed E-state index contributed by atoms with van der Waals surface area (Å²) in [4.78, 5) is 18.3. The molecule has 158 valence electrons. The van der Waals surface area contributed by atoms with Crippen LogP contribution in [0.15, 0.2) is 77.6 Å². The Kier molecular flexibility index (Phi) is 6.14. The lowest BCUT2D eigenvalue weighted by Crippen LogP contribution is -2.22. The van der Waals surface area contributed by atoms with Gasteiger partial charge in [-0.15, -0.1) is 0 Å². The summed E-state index contributed by atoms with van der Waals surface area (Å²) in [7, 11) is 0. The third-order valence-corrected chi connectivity index (χ3v) is 5.58. The lowest BCUT2D eigenvalue weighted by molar-refractivity contribution is 0.201. The minimum absolute atomic E-state index is 0.0415. The minimum atomic E-state index is -0.0995. The molecule has 0 saturated carbocycles. The molecule has 1 unspecified atom stereocenters. The van der Waals surface area contributed by atoms with Crippen molar-refractivity contribution in [1.29, 1.82) is 0 Å². The molecule has 3 aromatic carbocycles. The molecule has 0 aliphatic rings. The highest BCUT2D eigenvalue weighted by molar-refractivity contribution is 5.80. The second kappa shape index (κ2) is 9.14. The first kappa shape index (κ1) is 20.8. The van der Waals surface area contributed by atoms with Crippen LogP contribution in [0.3, 0.4) is 0 Å². The predicted octanol–water partition coefficient (Wildman–Crippen LogP) is 4.94. The van der Waals surface area contributed by atoms with E-state index in [4.69, 9.17) is 14.8 Å². The summed E-state index contributed by atoms with van der Waals surface area (Å²) in [5.41, 5.74) is 3.41. The van der Waals surface area contributed by atoms with Gasteiger partial charge in [-0.05, 0) is 66.4 Å². The van der Waals surface area contributed by atoms with E-state index in [1.165, 1.54) is 5.56 Å². The van der Waals surface area contributed by atoms with Crippen molar-refractivity contribution in [3.63, 3.8) is 0 Å². The van der Waals surface area contributed by atoms with Gasteiger partial charge in [-0.2, -0.15) is 0 Å². The highest BCUT2D eigenvalue weighted by atomic mass is 16.5. The molecular formula is C26H26N2O3. The average molecular weight is 415 g/mol. The first-order valence-electron chi connectivity index (χ1n) is 10.6. The number of aliphatic hydroxyl groups is 1. The zero-order valence-electron chi connectivity index (χ0n) is 17.8. The smallest absolute Gasteiger partial charge is 0.266 e. The quantitative estimate of drug-likeness (QED) is 0.465. The molecule has 1 N–H and O–H groups in total. The van der Waals surface area contributed by atoms with Crippen molar-refractivity contribution in [2.24, 2.45) is 0 Å². The Morgan fingerprint density at radius 3 is 2.39 bits per heavy atom. The topological polar surface area (TPSA) is 64.3 Å². The maximum Gasteiger partial charge on any atom is 0.266 e. The third kappa shape index (κ3) is 4.23. The van der Waals surface area contributed by atoms with Crippen molar-refractivity contribution in [1.82, 2.24) is 9.55 Å². The van der Waals surface area contributed by atoms with E-state index < -0.39 is 0 Å². The summed E-state index contributed by atoms with van der Waals surface area (Å²) in [5, 5.41) is 9.53. The first-order valence-corrected chi connectivity index (χ1v) is 10.6. The zero-order chi connectivity index (χ0) is 21.8. The SMILES string of the molecule is CCC(C)c1ccc(-n2c(-c3ccc(OCCO)cc3)nc3ccccc3c2=O)cc1. The van der Waals surface area contributed by atoms with Crippen molar-refractivity contribution in [3.8, 4) is 22.8 Å².